The molecule has 0 amide bonds. The summed E-state index contributed by atoms with van der Waals surface area (Å²) < 4.78 is 1.73. The van der Waals surface area contributed by atoms with Crippen molar-refractivity contribution in [2.45, 2.75) is 24.8 Å². The van der Waals surface area contributed by atoms with Crippen LogP contribution in [0.25, 0.3) is 0 Å². The Labute approximate surface area is 166 Å². The lowest BCUT2D eigenvalue weighted by Gasteiger charge is -2.35. The van der Waals surface area contributed by atoms with Crippen LogP contribution in [0.1, 0.15) is 35.9 Å². The third-order valence-corrected chi connectivity index (χ3v) is 5.63. The van der Waals surface area contributed by atoms with Crippen molar-refractivity contribution in [3.63, 3.8) is 0 Å². The molecule has 2 unspecified atom stereocenters. The van der Waals surface area contributed by atoms with Crippen molar-refractivity contribution in [2.75, 3.05) is 5.32 Å². The average Bonchev–Trinajstić information content (AvgIpc) is 3.15. The number of nitrogens with one attached hydrogen (secondary N) is 1. The Morgan fingerprint density at radius 3 is 2.71 bits per heavy atom. The van der Waals surface area contributed by atoms with E-state index >= 15 is 0 Å². The molecule has 7 heteroatoms. The van der Waals surface area contributed by atoms with Gasteiger partial charge in [-0.1, -0.05) is 35.9 Å². The quantitative estimate of drug-likeness (QED) is 0.687. The molecule has 2 aromatic carbocycles. The van der Waals surface area contributed by atoms with Crippen LogP contribution in [0.2, 0.25) is 5.02 Å². The van der Waals surface area contributed by atoms with Gasteiger partial charge in [-0.05, 0) is 47.7 Å². The highest BCUT2D eigenvalue weighted by molar-refractivity contribution is 6.30. The molecule has 6 nitrogen and oxygen atoms in total. The number of phenols is 1. The number of hydrogen-bond acceptors (Lipinski definition) is 5. The summed E-state index contributed by atoms with van der Waals surface area (Å²) in [4.78, 5) is 17.5. The third-order valence-electron chi connectivity index (χ3n) is 5.39. The number of rotatable bonds is 2. The maximum Gasteiger partial charge on any atom is 0.226 e. The first-order valence-electron chi connectivity index (χ1n) is 9.07. The van der Waals surface area contributed by atoms with Gasteiger partial charge >= 0.3 is 0 Å². The van der Waals surface area contributed by atoms with Crippen molar-refractivity contribution in [2.24, 2.45) is 0 Å². The van der Waals surface area contributed by atoms with Crippen LogP contribution in [0.5, 0.6) is 5.75 Å². The summed E-state index contributed by atoms with van der Waals surface area (Å²) in [5, 5.41) is 17.9. The Morgan fingerprint density at radius 1 is 1.11 bits per heavy atom. The average molecular weight is 393 g/mol. The maximum atomic E-state index is 13.2. The second-order valence-electron chi connectivity index (χ2n) is 7.12. The molecule has 5 rings (SSSR count). The molecule has 0 saturated carbocycles. The molecule has 2 N–H and O–H groups in total. The Morgan fingerprint density at radius 2 is 1.93 bits per heavy atom. The van der Waals surface area contributed by atoms with Gasteiger partial charge in [0.15, 0.2) is 5.78 Å². The van der Waals surface area contributed by atoms with Gasteiger partial charge in [0.1, 0.15) is 18.1 Å². The lowest BCUT2D eigenvalue weighted by atomic mass is 9.78. The molecule has 28 heavy (non-hydrogen) atoms. The van der Waals surface area contributed by atoms with Crippen LogP contribution in [0.4, 0.5) is 5.95 Å². The zero-order chi connectivity index (χ0) is 19.3. The molecule has 140 valence electrons. The molecule has 1 aliphatic carbocycles. The van der Waals surface area contributed by atoms with E-state index in [1.54, 1.807) is 16.8 Å². The van der Waals surface area contributed by atoms with Crippen LogP contribution >= 0.6 is 11.6 Å². The molecule has 0 fully saturated rings. The zero-order valence-electron chi connectivity index (χ0n) is 14.8. The highest BCUT2D eigenvalue weighted by atomic mass is 35.5. The van der Waals surface area contributed by atoms with E-state index in [-0.39, 0.29) is 23.5 Å². The number of benzene rings is 2. The normalized spacial score (nSPS) is 21.1. The SMILES string of the molecule is O=C1CC(c2cccc(Cl)c2)CC2=C1C(c1ccc(O)cc1)n1ncnc1N2. The molecule has 0 saturated heterocycles. The predicted molar refractivity (Wildman–Crippen MR) is 105 cm³/mol. The van der Waals surface area contributed by atoms with Gasteiger partial charge in [0.2, 0.25) is 5.95 Å². The number of Topliss-reactive ketones (excluding diaryl/α,β-unsaturated/α-hetero) is 1. The summed E-state index contributed by atoms with van der Waals surface area (Å²) in [6.07, 6.45) is 2.59. The fourth-order valence-electron chi connectivity index (χ4n) is 4.11. The van der Waals surface area contributed by atoms with E-state index in [0.29, 0.717) is 29.4 Å². The number of fused-ring (bicyclic) bond motifs is 1. The van der Waals surface area contributed by atoms with Crippen LogP contribution < -0.4 is 5.32 Å². The van der Waals surface area contributed by atoms with Crippen molar-refractivity contribution in [1.82, 2.24) is 14.8 Å². The zero-order valence-corrected chi connectivity index (χ0v) is 15.6. The Kier molecular flexibility index (Phi) is 3.94. The molecule has 2 heterocycles. The Bertz CT molecular complexity index is 1100. The van der Waals surface area contributed by atoms with Crippen LogP contribution in [0.15, 0.2) is 66.1 Å². The van der Waals surface area contributed by atoms with Crippen molar-refractivity contribution >= 4 is 23.3 Å². The van der Waals surface area contributed by atoms with Gasteiger partial charge in [0.25, 0.3) is 0 Å². The van der Waals surface area contributed by atoms with Gasteiger partial charge in [-0.3, -0.25) is 4.79 Å². The van der Waals surface area contributed by atoms with Gasteiger partial charge in [0.05, 0.1) is 0 Å². The number of carbonyl (C=O) groups excluding carboxylic acids is 1. The predicted octanol–water partition coefficient (Wildman–Crippen LogP) is 4.05. The van der Waals surface area contributed by atoms with Crippen LogP contribution in [0.3, 0.4) is 0 Å². The molecular weight excluding hydrogens is 376 g/mol. The number of allylic oxidation sites excluding steroid dienone is 2. The van der Waals surface area contributed by atoms with Crippen molar-refractivity contribution in [3.05, 3.63) is 82.3 Å². The molecule has 1 aromatic heterocycles. The number of nitrogens with zero attached hydrogens (tertiary/aromatic N) is 3. The first kappa shape index (κ1) is 17.0. The van der Waals surface area contributed by atoms with Gasteiger partial charge < -0.3 is 10.4 Å². The lowest BCUT2D eigenvalue weighted by molar-refractivity contribution is -0.116. The van der Waals surface area contributed by atoms with Gasteiger partial charge in [-0.15, -0.1) is 0 Å². The molecule has 3 aromatic rings. The topological polar surface area (TPSA) is 80.0 Å². The fraction of sp³-hybridized carbons (Fsp3) is 0.190. The van der Waals surface area contributed by atoms with E-state index in [9.17, 15) is 9.90 Å². The number of hydrogen-bond donors (Lipinski definition) is 2. The number of aromatic nitrogens is 3. The van der Waals surface area contributed by atoms with Crippen molar-refractivity contribution in [3.8, 4) is 5.75 Å². The third kappa shape index (κ3) is 2.77. The highest BCUT2D eigenvalue weighted by Crippen LogP contribution is 2.44. The summed E-state index contributed by atoms with van der Waals surface area (Å²) in [5.74, 6) is 0.934. The minimum Gasteiger partial charge on any atom is -0.508 e. The fourth-order valence-corrected chi connectivity index (χ4v) is 4.31. The molecule has 2 atom stereocenters. The number of anilines is 1. The molecule has 0 bridgehead atoms. The Balaban J connectivity index is 1.59. The van der Waals surface area contributed by atoms with Crippen LogP contribution in [-0.4, -0.2) is 25.7 Å². The summed E-state index contributed by atoms with van der Waals surface area (Å²) in [6, 6.07) is 14.2. The minimum atomic E-state index is -0.359. The van der Waals surface area contributed by atoms with Gasteiger partial charge in [-0.25, -0.2) is 4.68 Å². The largest absolute Gasteiger partial charge is 0.508 e. The molecule has 2 aliphatic rings. The van der Waals surface area contributed by atoms with Crippen molar-refractivity contribution in [1.29, 1.82) is 0 Å². The number of aromatic hydroxyl groups is 1. The second-order valence-corrected chi connectivity index (χ2v) is 7.56. The van der Waals surface area contributed by atoms with Crippen molar-refractivity contribution < 1.29 is 9.90 Å². The molecule has 0 radical (unpaired) electrons. The summed E-state index contributed by atoms with van der Waals surface area (Å²) in [6.45, 7) is 0. The van der Waals surface area contributed by atoms with E-state index in [0.717, 1.165) is 16.8 Å². The number of ketones is 1. The molecule has 1 aliphatic heterocycles. The summed E-state index contributed by atoms with van der Waals surface area (Å²) >= 11 is 6.15. The van der Waals surface area contributed by atoms with E-state index < -0.39 is 0 Å². The summed E-state index contributed by atoms with van der Waals surface area (Å²) in [7, 11) is 0. The number of phenolic OH excluding ortho intramolecular Hbond substituents is 1. The van der Waals surface area contributed by atoms with E-state index in [4.69, 9.17) is 11.6 Å². The first-order chi connectivity index (χ1) is 13.6. The second kappa shape index (κ2) is 6.49. The minimum absolute atomic E-state index is 0.0624. The van der Waals surface area contributed by atoms with Gasteiger partial charge in [-0.2, -0.15) is 10.1 Å². The van der Waals surface area contributed by atoms with Gasteiger partial charge in [0, 0.05) is 22.7 Å². The monoisotopic (exact) mass is 392 g/mol. The Hall–Kier alpha value is -3.12. The van der Waals surface area contributed by atoms with Crippen LogP contribution in [0, 0.1) is 0 Å². The van der Waals surface area contributed by atoms with E-state index in [1.807, 2.05) is 36.4 Å². The lowest BCUT2D eigenvalue weighted by Crippen LogP contribution is -2.33. The summed E-state index contributed by atoms with van der Waals surface area (Å²) in [5.41, 5.74) is 3.53. The smallest absolute Gasteiger partial charge is 0.226 e. The first-order valence-corrected chi connectivity index (χ1v) is 9.45. The van der Waals surface area contributed by atoms with E-state index in [1.165, 1.54) is 6.33 Å². The highest BCUT2D eigenvalue weighted by Gasteiger charge is 2.39. The number of halogens is 1. The van der Waals surface area contributed by atoms with E-state index in [2.05, 4.69) is 15.4 Å². The molecule has 0 spiro atoms. The molecular formula is C21H17ClN4O2. The van der Waals surface area contributed by atoms with Crippen LogP contribution in [-0.2, 0) is 4.79 Å². The number of carbonyl (C=O) groups is 1. The standard InChI is InChI=1S/C21H17ClN4O2/c22-15-3-1-2-13(8-15)14-9-17-19(18(28)10-14)20(12-4-6-16(27)7-5-12)26-21(25-17)23-11-24-26/h1-8,11,14,20,27H,9-10H2,(H,23,24,25). The maximum absolute atomic E-state index is 13.2.